The molecule has 9 heteroatoms. The van der Waals surface area contributed by atoms with Crippen molar-refractivity contribution in [3.05, 3.63) is 68.8 Å². The van der Waals surface area contributed by atoms with Crippen LogP contribution >= 0.6 is 27.7 Å². The van der Waals surface area contributed by atoms with Gasteiger partial charge in [0.2, 0.25) is 0 Å². The number of hydrogen-bond acceptors (Lipinski definition) is 5. The maximum atomic E-state index is 13.0. The second-order valence-corrected chi connectivity index (χ2v) is 7.67. The van der Waals surface area contributed by atoms with Crippen LogP contribution in [0.5, 0.6) is 5.75 Å². The van der Waals surface area contributed by atoms with Gasteiger partial charge in [-0.15, -0.1) is 0 Å². The molecule has 1 aliphatic heterocycles. The van der Waals surface area contributed by atoms with Crippen LogP contribution in [-0.4, -0.2) is 33.7 Å². The quantitative estimate of drug-likeness (QED) is 0.640. The van der Waals surface area contributed by atoms with Crippen molar-refractivity contribution in [2.45, 2.75) is 6.54 Å². The first-order valence-electron chi connectivity index (χ1n) is 7.97. The number of amides is 2. The van der Waals surface area contributed by atoms with E-state index in [1.54, 1.807) is 18.2 Å². The number of carboxylic acid groups (broad SMARTS) is 1. The zero-order valence-corrected chi connectivity index (χ0v) is 16.6. The van der Waals surface area contributed by atoms with Crippen LogP contribution in [0.1, 0.15) is 11.1 Å². The van der Waals surface area contributed by atoms with Gasteiger partial charge in [0.05, 0.1) is 11.4 Å². The van der Waals surface area contributed by atoms with Crippen molar-refractivity contribution in [2.75, 3.05) is 6.61 Å². The van der Waals surface area contributed by atoms with Crippen LogP contribution in [0.3, 0.4) is 0 Å². The summed E-state index contributed by atoms with van der Waals surface area (Å²) in [5.41, 5.74) is 1.08. The molecule has 0 unspecified atom stereocenters. The molecule has 2 aromatic rings. The monoisotopic (exact) mass is 465 g/mol. The highest BCUT2D eigenvalue weighted by Crippen LogP contribution is 2.35. The smallest absolute Gasteiger partial charge is 0.341 e. The van der Waals surface area contributed by atoms with Crippen LogP contribution in [0.4, 0.5) is 9.18 Å². The highest BCUT2D eigenvalue weighted by Gasteiger charge is 2.35. The Kier molecular flexibility index (Phi) is 6.15. The van der Waals surface area contributed by atoms with Crippen molar-refractivity contribution in [2.24, 2.45) is 0 Å². The Morgan fingerprint density at radius 3 is 2.61 bits per heavy atom. The lowest BCUT2D eigenvalue weighted by molar-refractivity contribution is -0.139. The molecule has 3 rings (SSSR count). The Morgan fingerprint density at radius 1 is 1.21 bits per heavy atom. The number of imide groups is 1. The Bertz CT molecular complexity index is 977. The van der Waals surface area contributed by atoms with E-state index >= 15 is 0 Å². The minimum absolute atomic E-state index is 0.0309. The molecule has 1 N–H and O–H groups in total. The summed E-state index contributed by atoms with van der Waals surface area (Å²) < 4.78 is 19.0. The molecule has 28 heavy (non-hydrogen) atoms. The third-order valence-corrected chi connectivity index (χ3v) is 5.14. The number of carboxylic acids is 1. The maximum absolute atomic E-state index is 13.0. The molecule has 1 aliphatic rings. The molecule has 0 bridgehead atoms. The molecule has 1 fully saturated rings. The number of hydrogen-bond donors (Lipinski definition) is 1. The highest BCUT2D eigenvalue weighted by molar-refractivity contribution is 9.10. The van der Waals surface area contributed by atoms with Crippen LogP contribution in [0.15, 0.2) is 51.8 Å². The Balaban J connectivity index is 1.84. The number of aliphatic carboxylic acids is 1. The van der Waals surface area contributed by atoms with Gasteiger partial charge < -0.3 is 9.84 Å². The first-order valence-corrected chi connectivity index (χ1v) is 9.58. The van der Waals surface area contributed by atoms with Gasteiger partial charge in [0.15, 0.2) is 6.61 Å². The molecule has 0 atom stereocenters. The van der Waals surface area contributed by atoms with Gasteiger partial charge >= 0.3 is 5.97 Å². The topological polar surface area (TPSA) is 83.9 Å². The van der Waals surface area contributed by atoms with E-state index in [-0.39, 0.29) is 17.2 Å². The minimum atomic E-state index is -1.13. The van der Waals surface area contributed by atoms with Gasteiger partial charge in [-0.05, 0) is 53.7 Å². The average molecular weight is 466 g/mol. The number of thioether (sulfide) groups is 1. The van der Waals surface area contributed by atoms with Gasteiger partial charge in [-0.3, -0.25) is 14.5 Å². The van der Waals surface area contributed by atoms with E-state index in [1.807, 2.05) is 0 Å². The van der Waals surface area contributed by atoms with Gasteiger partial charge in [0.25, 0.3) is 11.1 Å². The third kappa shape index (κ3) is 4.79. The second kappa shape index (κ2) is 8.57. The lowest BCUT2D eigenvalue weighted by Crippen LogP contribution is -2.27. The average Bonchev–Trinajstić information content (AvgIpc) is 2.90. The van der Waals surface area contributed by atoms with Gasteiger partial charge in [-0.25, -0.2) is 9.18 Å². The first-order chi connectivity index (χ1) is 13.3. The highest BCUT2D eigenvalue weighted by atomic mass is 79.9. The fourth-order valence-electron chi connectivity index (χ4n) is 2.45. The van der Waals surface area contributed by atoms with Gasteiger partial charge in [-0.2, -0.15) is 0 Å². The Hall–Kier alpha value is -2.65. The molecule has 1 heterocycles. The largest absolute Gasteiger partial charge is 0.481 e. The normalized spacial score (nSPS) is 15.4. The summed E-state index contributed by atoms with van der Waals surface area (Å²) in [6, 6.07) is 10.4. The van der Waals surface area contributed by atoms with Crippen LogP contribution in [0, 0.1) is 5.82 Å². The van der Waals surface area contributed by atoms with E-state index in [0.29, 0.717) is 15.6 Å². The van der Waals surface area contributed by atoms with E-state index in [4.69, 9.17) is 9.84 Å². The predicted octanol–water partition coefficient (Wildman–Crippen LogP) is 4.29. The van der Waals surface area contributed by atoms with Crippen LogP contribution in [0.2, 0.25) is 0 Å². The van der Waals surface area contributed by atoms with E-state index in [2.05, 4.69) is 15.9 Å². The molecule has 144 valence electrons. The molecule has 1 saturated heterocycles. The minimum Gasteiger partial charge on any atom is -0.481 e. The summed E-state index contributed by atoms with van der Waals surface area (Å²) in [5.74, 6) is -1.74. The summed E-state index contributed by atoms with van der Waals surface area (Å²) in [7, 11) is 0. The van der Waals surface area contributed by atoms with Crippen molar-refractivity contribution in [1.29, 1.82) is 0 Å². The summed E-state index contributed by atoms with van der Waals surface area (Å²) >= 11 is 4.09. The Labute approximate surface area is 172 Å². The number of carbonyl (C=O) groups excluding carboxylic acids is 2. The SMILES string of the molecule is O=C(O)COc1ccc(Br)cc1C=C1SC(=O)N(Cc2ccc(F)cc2)C1=O. The van der Waals surface area contributed by atoms with Crippen molar-refractivity contribution >= 4 is 50.9 Å². The standard InChI is InChI=1S/C19H13BrFNO5S/c20-13-3-6-15(27-10-17(23)24)12(7-13)8-16-18(25)22(19(26)28-16)9-11-1-4-14(21)5-2-11/h1-8H,9-10H2,(H,23,24). The van der Waals surface area contributed by atoms with Crippen molar-refractivity contribution in [3.8, 4) is 5.75 Å². The van der Waals surface area contributed by atoms with Gasteiger partial charge in [0.1, 0.15) is 11.6 Å². The van der Waals surface area contributed by atoms with E-state index < -0.39 is 29.5 Å². The fraction of sp³-hybridized carbons (Fsp3) is 0.105. The van der Waals surface area contributed by atoms with Crippen LogP contribution in [0.25, 0.3) is 6.08 Å². The lowest BCUT2D eigenvalue weighted by Gasteiger charge is -2.12. The molecule has 2 aromatic carbocycles. The predicted molar refractivity (Wildman–Crippen MR) is 105 cm³/mol. The van der Waals surface area contributed by atoms with Gasteiger partial charge in [0, 0.05) is 10.0 Å². The number of carbonyl (C=O) groups is 3. The summed E-state index contributed by atoms with van der Waals surface area (Å²) in [6.45, 7) is -0.502. The molecule has 0 aromatic heterocycles. The van der Waals surface area contributed by atoms with Crippen LogP contribution in [-0.2, 0) is 16.1 Å². The molecular formula is C19H13BrFNO5S. The zero-order chi connectivity index (χ0) is 20.3. The first kappa shape index (κ1) is 20.1. The molecule has 0 saturated carbocycles. The van der Waals surface area contributed by atoms with Crippen LogP contribution < -0.4 is 4.74 Å². The summed E-state index contributed by atoms with van der Waals surface area (Å²) in [6.07, 6.45) is 1.48. The zero-order valence-electron chi connectivity index (χ0n) is 14.2. The Morgan fingerprint density at radius 2 is 1.93 bits per heavy atom. The number of nitrogens with zero attached hydrogens (tertiary/aromatic N) is 1. The third-order valence-electron chi connectivity index (χ3n) is 3.74. The number of rotatable bonds is 6. The van der Waals surface area contributed by atoms with Crippen molar-refractivity contribution in [3.63, 3.8) is 0 Å². The molecule has 0 radical (unpaired) electrons. The van der Waals surface area contributed by atoms with Crippen molar-refractivity contribution in [1.82, 2.24) is 4.90 Å². The van der Waals surface area contributed by atoms with E-state index in [1.165, 1.54) is 30.3 Å². The van der Waals surface area contributed by atoms with E-state index in [0.717, 1.165) is 16.7 Å². The molecule has 2 amide bonds. The van der Waals surface area contributed by atoms with Crippen molar-refractivity contribution < 1.29 is 28.6 Å². The summed E-state index contributed by atoms with van der Waals surface area (Å²) in [5, 5.41) is 8.35. The molecule has 6 nitrogen and oxygen atoms in total. The second-order valence-electron chi connectivity index (χ2n) is 5.76. The molecule has 0 spiro atoms. The number of benzene rings is 2. The molecule has 0 aliphatic carbocycles. The number of halogens is 2. The summed E-state index contributed by atoms with van der Waals surface area (Å²) in [4.78, 5) is 36.9. The maximum Gasteiger partial charge on any atom is 0.341 e. The fourth-order valence-corrected chi connectivity index (χ4v) is 3.66. The number of ether oxygens (including phenoxy) is 1. The van der Waals surface area contributed by atoms with E-state index in [9.17, 15) is 18.8 Å². The lowest BCUT2D eigenvalue weighted by atomic mass is 10.1. The molecular weight excluding hydrogens is 453 g/mol. The van der Waals surface area contributed by atoms with Gasteiger partial charge in [-0.1, -0.05) is 28.1 Å².